The van der Waals surface area contributed by atoms with Crippen LogP contribution in [0.2, 0.25) is 0 Å². The van der Waals surface area contributed by atoms with Gasteiger partial charge in [-0.05, 0) is 37.5 Å². The van der Waals surface area contributed by atoms with Gasteiger partial charge in [-0.2, -0.15) is 0 Å². The molecule has 1 N–H and O–H groups in total. The second kappa shape index (κ2) is 8.11. The summed E-state index contributed by atoms with van der Waals surface area (Å²) >= 11 is 1.62. The van der Waals surface area contributed by atoms with Crippen LogP contribution in [0.25, 0.3) is 0 Å². The molecule has 1 aromatic carbocycles. The summed E-state index contributed by atoms with van der Waals surface area (Å²) in [7, 11) is 4.06. The maximum Gasteiger partial charge on any atom is 0.226 e. The maximum absolute atomic E-state index is 12.1. The van der Waals surface area contributed by atoms with E-state index in [4.69, 9.17) is 0 Å². The van der Waals surface area contributed by atoms with Crippen LogP contribution >= 0.6 is 11.3 Å². The van der Waals surface area contributed by atoms with E-state index in [0.29, 0.717) is 6.42 Å². The summed E-state index contributed by atoms with van der Waals surface area (Å²) in [5.41, 5.74) is 3.28. The minimum absolute atomic E-state index is 0.0374. The fourth-order valence-corrected chi connectivity index (χ4v) is 3.16. The Morgan fingerprint density at radius 1 is 1.30 bits per heavy atom. The van der Waals surface area contributed by atoms with E-state index >= 15 is 0 Å². The first kappa shape index (κ1) is 17.5. The Hall–Kier alpha value is -1.88. The zero-order valence-corrected chi connectivity index (χ0v) is 15.1. The van der Waals surface area contributed by atoms with E-state index < -0.39 is 0 Å². The van der Waals surface area contributed by atoms with Gasteiger partial charge in [0.05, 0.1) is 17.1 Å². The normalized spacial score (nSPS) is 12.0. The molecule has 1 amide bonds. The van der Waals surface area contributed by atoms with Gasteiger partial charge in [-0.1, -0.05) is 19.1 Å². The predicted molar refractivity (Wildman–Crippen MR) is 97.3 cm³/mol. The largest absolute Gasteiger partial charge is 0.378 e. The third-order valence-electron chi connectivity index (χ3n) is 3.65. The number of hydrogen-bond acceptors (Lipinski definition) is 4. The summed E-state index contributed by atoms with van der Waals surface area (Å²) < 4.78 is 0. The molecule has 0 aliphatic heterocycles. The van der Waals surface area contributed by atoms with Crippen molar-refractivity contribution in [2.24, 2.45) is 0 Å². The van der Waals surface area contributed by atoms with Crippen molar-refractivity contribution >= 4 is 22.9 Å². The number of aromatic nitrogens is 1. The number of amides is 1. The molecular formula is C18H25N3OS. The summed E-state index contributed by atoms with van der Waals surface area (Å²) in [6.45, 7) is 4.11. The number of carbonyl (C=O) groups excluding carboxylic acids is 1. The molecule has 1 atom stereocenters. The van der Waals surface area contributed by atoms with Gasteiger partial charge in [0.2, 0.25) is 5.91 Å². The van der Waals surface area contributed by atoms with E-state index in [1.165, 1.54) is 11.3 Å². The van der Waals surface area contributed by atoms with Crippen LogP contribution in [0.1, 0.15) is 30.1 Å². The lowest BCUT2D eigenvalue weighted by atomic mass is 10.1. The summed E-state index contributed by atoms with van der Waals surface area (Å²) in [4.78, 5) is 18.6. The van der Waals surface area contributed by atoms with Crippen molar-refractivity contribution in [2.45, 2.75) is 39.2 Å². The molecule has 4 nitrogen and oxygen atoms in total. The van der Waals surface area contributed by atoms with Crippen LogP contribution in [0.15, 0.2) is 29.6 Å². The molecule has 0 bridgehead atoms. The number of nitrogens with zero attached hydrogens (tertiary/aromatic N) is 2. The minimum atomic E-state index is 0.0374. The molecule has 23 heavy (non-hydrogen) atoms. The van der Waals surface area contributed by atoms with Crippen molar-refractivity contribution in [3.8, 4) is 0 Å². The van der Waals surface area contributed by atoms with Crippen LogP contribution in [0.3, 0.4) is 0 Å². The van der Waals surface area contributed by atoms with Crippen molar-refractivity contribution in [3.05, 3.63) is 45.9 Å². The average Bonchev–Trinajstić information content (AvgIpc) is 2.95. The number of thiazole rings is 1. The average molecular weight is 331 g/mol. The van der Waals surface area contributed by atoms with Gasteiger partial charge >= 0.3 is 0 Å². The third kappa shape index (κ3) is 5.36. The molecular weight excluding hydrogens is 306 g/mol. The first-order valence-corrected chi connectivity index (χ1v) is 8.84. The van der Waals surface area contributed by atoms with Crippen molar-refractivity contribution < 1.29 is 4.79 Å². The van der Waals surface area contributed by atoms with Gasteiger partial charge in [0.1, 0.15) is 0 Å². The van der Waals surface area contributed by atoms with Crippen molar-refractivity contribution in [1.29, 1.82) is 0 Å². The van der Waals surface area contributed by atoms with Gasteiger partial charge in [0, 0.05) is 31.2 Å². The van der Waals surface area contributed by atoms with Gasteiger partial charge in [-0.25, -0.2) is 4.98 Å². The second-order valence-corrected chi connectivity index (χ2v) is 6.94. The molecule has 0 saturated heterocycles. The molecule has 5 heteroatoms. The van der Waals surface area contributed by atoms with E-state index in [2.05, 4.69) is 46.4 Å². The summed E-state index contributed by atoms with van der Waals surface area (Å²) in [6.07, 6.45) is 2.11. The van der Waals surface area contributed by atoms with E-state index in [9.17, 15) is 4.79 Å². The van der Waals surface area contributed by atoms with Crippen molar-refractivity contribution in [3.63, 3.8) is 0 Å². The van der Waals surface area contributed by atoms with Crippen LogP contribution in [0.4, 0.5) is 5.69 Å². The minimum Gasteiger partial charge on any atom is -0.378 e. The molecule has 0 spiro atoms. The highest BCUT2D eigenvalue weighted by Crippen LogP contribution is 2.14. The van der Waals surface area contributed by atoms with Crippen LogP contribution in [0.5, 0.6) is 0 Å². The van der Waals surface area contributed by atoms with Crippen LogP contribution in [0, 0.1) is 0 Å². The number of carbonyl (C=O) groups is 1. The van der Waals surface area contributed by atoms with E-state index in [1.54, 1.807) is 11.3 Å². The van der Waals surface area contributed by atoms with Gasteiger partial charge in [0.15, 0.2) is 0 Å². The van der Waals surface area contributed by atoms with Crippen molar-refractivity contribution in [2.75, 3.05) is 19.0 Å². The highest BCUT2D eigenvalue weighted by atomic mass is 32.1. The zero-order valence-electron chi connectivity index (χ0n) is 14.3. The molecule has 0 aliphatic rings. The fourth-order valence-electron chi connectivity index (χ4n) is 2.42. The topological polar surface area (TPSA) is 45.2 Å². The van der Waals surface area contributed by atoms with Gasteiger partial charge < -0.3 is 10.2 Å². The number of rotatable bonds is 7. The SMILES string of the molecule is CCc1nc(CC(=O)N[C@@H](C)Cc2ccc(N(C)C)cc2)cs1. The standard InChI is InChI=1S/C18H25N3OS/c1-5-18-20-15(12-23-18)11-17(22)19-13(2)10-14-6-8-16(9-7-14)21(3)4/h6-9,12-13H,5,10-11H2,1-4H3,(H,19,22)/t13-/m0/s1. The molecule has 2 rings (SSSR count). The quantitative estimate of drug-likeness (QED) is 0.848. The molecule has 1 heterocycles. The molecule has 0 unspecified atom stereocenters. The predicted octanol–water partition coefficient (Wildman–Crippen LogP) is 3.06. The van der Waals surface area contributed by atoms with E-state index in [1.807, 2.05) is 26.4 Å². The maximum atomic E-state index is 12.1. The lowest BCUT2D eigenvalue weighted by Gasteiger charge is -2.16. The van der Waals surface area contributed by atoms with Gasteiger partial charge in [-0.3, -0.25) is 4.79 Å². The molecule has 1 aromatic heterocycles. The molecule has 0 fully saturated rings. The Balaban J connectivity index is 1.83. The molecule has 0 aliphatic carbocycles. The second-order valence-electron chi connectivity index (χ2n) is 6.00. The summed E-state index contributed by atoms with van der Waals surface area (Å²) in [6, 6.07) is 8.55. The number of benzene rings is 1. The highest BCUT2D eigenvalue weighted by Gasteiger charge is 2.11. The number of hydrogen-bond donors (Lipinski definition) is 1. The third-order valence-corrected chi connectivity index (χ3v) is 4.69. The van der Waals surface area contributed by atoms with Crippen LogP contribution in [-0.2, 0) is 24.1 Å². The van der Waals surface area contributed by atoms with Crippen molar-refractivity contribution in [1.82, 2.24) is 10.3 Å². The summed E-state index contributed by atoms with van der Waals surface area (Å²) in [5, 5.41) is 6.12. The number of anilines is 1. The van der Waals surface area contributed by atoms with Gasteiger partial charge in [0.25, 0.3) is 0 Å². The van der Waals surface area contributed by atoms with E-state index in [0.717, 1.165) is 23.5 Å². The number of nitrogens with one attached hydrogen (secondary N) is 1. The lowest BCUT2D eigenvalue weighted by Crippen LogP contribution is -2.35. The Bertz CT molecular complexity index is 634. The first-order chi connectivity index (χ1) is 11.0. The van der Waals surface area contributed by atoms with Crippen LogP contribution in [-0.4, -0.2) is 31.0 Å². The molecule has 0 radical (unpaired) electrons. The molecule has 0 saturated carbocycles. The Morgan fingerprint density at radius 2 is 2.00 bits per heavy atom. The Kier molecular flexibility index (Phi) is 6.16. The number of aryl methyl sites for hydroxylation is 1. The Morgan fingerprint density at radius 3 is 2.57 bits per heavy atom. The lowest BCUT2D eigenvalue weighted by molar-refractivity contribution is -0.121. The monoisotopic (exact) mass is 331 g/mol. The van der Waals surface area contributed by atoms with Crippen LogP contribution < -0.4 is 10.2 Å². The highest BCUT2D eigenvalue weighted by molar-refractivity contribution is 7.09. The molecule has 124 valence electrons. The first-order valence-electron chi connectivity index (χ1n) is 7.96. The summed E-state index contributed by atoms with van der Waals surface area (Å²) in [5.74, 6) is 0.0374. The molecule has 2 aromatic rings. The Labute approximate surface area is 142 Å². The van der Waals surface area contributed by atoms with Gasteiger partial charge in [-0.15, -0.1) is 11.3 Å². The zero-order chi connectivity index (χ0) is 16.8. The fraction of sp³-hybridized carbons (Fsp3) is 0.444. The smallest absolute Gasteiger partial charge is 0.226 e. The van der Waals surface area contributed by atoms with E-state index in [-0.39, 0.29) is 11.9 Å².